The molecule has 5 nitrogen and oxygen atoms in total. The summed E-state index contributed by atoms with van der Waals surface area (Å²) in [7, 11) is 0. The average Bonchev–Trinajstić information content (AvgIpc) is 2.60. The summed E-state index contributed by atoms with van der Waals surface area (Å²) in [5, 5.41) is 6.51. The molecule has 0 aromatic heterocycles. The molecule has 6 heteroatoms. The molecule has 2 aromatic carbocycles. The van der Waals surface area contributed by atoms with E-state index < -0.39 is 5.97 Å². The van der Waals surface area contributed by atoms with Crippen LogP contribution in [0.15, 0.2) is 48.5 Å². The van der Waals surface area contributed by atoms with Gasteiger partial charge in [0.25, 0.3) is 0 Å². The van der Waals surface area contributed by atoms with Gasteiger partial charge in [-0.25, -0.2) is 4.79 Å². The highest BCUT2D eigenvalue weighted by Crippen LogP contribution is 2.22. The second kappa shape index (κ2) is 9.20. The fraction of sp³-hybridized carbons (Fsp3) is 0.263. The van der Waals surface area contributed by atoms with Gasteiger partial charge in [0.05, 0.1) is 24.4 Å². The summed E-state index contributed by atoms with van der Waals surface area (Å²) < 4.78 is 5.00. The Bertz CT molecular complexity index is 749. The third kappa shape index (κ3) is 5.31. The van der Waals surface area contributed by atoms with E-state index in [4.69, 9.17) is 16.3 Å². The highest BCUT2D eigenvalue weighted by Gasteiger charge is 2.15. The molecule has 0 aliphatic rings. The van der Waals surface area contributed by atoms with Crippen LogP contribution in [-0.4, -0.2) is 25.0 Å². The molecule has 2 N–H and O–H groups in total. The average molecular weight is 361 g/mol. The van der Waals surface area contributed by atoms with E-state index >= 15 is 0 Å². The number of anilines is 1. The van der Waals surface area contributed by atoms with Gasteiger partial charge in [0.15, 0.2) is 0 Å². The first-order valence-electron chi connectivity index (χ1n) is 8.06. The van der Waals surface area contributed by atoms with Crippen molar-refractivity contribution in [2.24, 2.45) is 0 Å². The Kier molecular flexibility index (Phi) is 6.98. The lowest BCUT2D eigenvalue weighted by atomic mass is 10.1. The van der Waals surface area contributed by atoms with E-state index in [0.717, 1.165) is 5.56 Å². The largest absolute Gasteiger partial charge is 0.462 e. The standard InChI is InChI=1S/C19H21ClN2O3/c1-3-25-19(24)15-9-5-7-11-17(15)22-18(23)12-21-13(2)14-8-4-6-10-16(14)20/h4-11,13,21H,3,12H2,1-2H3,(H,22,23). The Balaban J connectivity index is 1.97. The number of rotatable bonds is 7. The number of hydrogen-bond acceptors (Lipinski definition) is 4. The Morgan fingerprint density at radius 2 is 1.80 bits per heavy atom. The van der Waals surface area contributed by atoms with E-state index in [0.29, 0.717) is 16.3 Å². The predicted molar refractivity (Wildman–Crippen MR) is 98.9 cm³/mol. The van der Waals surface area contributed by atoms with Gasteiger partial charge < -0.3 is 15.4 Å². The monoisotopic (exact) mass is 360 g/mol. The van der Waals surface area contributed by atoms with Crippen molar-refractivity contribution in [3.05, 3.63) is 64.7 Å². The van der Waals surface area contributed by atoms with Gasteiger partial charge in [0.1, 0.15) is 0 Å². The Hall–Kier alpha value is -2.37. The van der Waals surface area contributed by atoms with Crippen molar-refractivity contribution in [3.8, 4) is 0 Å². The van der Waals surface area contributed by atoms with E-state index in [2.05, 4.69) is 10.6 Å². The summed E-state index contributed by atoms with van der Waals surface area (Å²) in [6.45, 7) is 4.03. The van der Waals surface area contributed by atoms with Gasteiger partial charge in [-0.05, 0) is 37.6 Å². The number of para-hydroxylation sites is 1. The first kappa shape index (κ1) is 19.0. The number of carbonyl (C=O) groups excluding carboxylic acids is 2. The minimum atomic E-state index is -0.462. The number of amides is 1. The highest BCUT2D eigenvalue weighted by molar-refractivity contribution is 6.31. The number of ether oxygens (including phenoxy) is 1. The zero-order valence-electron chi connectivity index (χ0n) is 14.2. The van der Waals surface area contributed by atoms with Crippen molar-refractivity contribution < 1.29 is 14.3 Å². The summed E-state index contributed by atoms with van der Waals surface area (Å²) in [5.41, 5.74) is 1.68. The lowest BCUT2D eigenvalue weighted by molar-refractivity contribution is -0.115. The van der Waals surface area contributed by atoms with Crippen LogP contribution in [0, 0.1) is 0 Å². The molecule has 0 aliphatic heterocycles. The van der Waals surface area contributed by atoms with Crippen LogP contribution in [0.1, 0.15) is 35.8 Å². The lowest BCUT2D eigenvalue weighted by Gasteiger charge is -2.16. The van der Waals surface area contributed by atoms with E-state index in [1.807, 2.05) is 31.2 Å². The number of esters is 1. The van der Waals surface area contributed by atoms with Gasteiger partial charge in [0.2, 0.25) is 5.91 Å². The first-order valence-corrected chi connectivity index (χ1v) is 8.44. The van der Waals surface area contributed by atoms with Crippen molar-refractivity contribution in [2.75, 3.05) is 18.5 Å². The van der Waals surface area contributed by atoms with Gasteiger partial charge in [-0.3, -0.25) is 4.79 Å². The zero-order valence-corrected chi connectivity index (χ0v) is 15.0. The summed E-state index contributed by atoms with van der Waals surface area (Å²) in [6.07, 6.45) is 0. The smallest absolute Gasteiger partial charge is 0.340 e. The van der Waals surface area contributed by atoms with Gasteiger partial charge in [-0.2, -0.15) is 0 Å². The molecule has 0 radical (unpaired) electrons. The molecule has 0 heterocycles. The summed E-state index contributed by atoms with van der Waals surface area (Å²) >= 11 is 6.16. The van der Waals surface area contributed by atoms with E-state index in [9.17, 15) is 9.59 Å². The Morgan fingerprint density at radius 1 is 1.12 bits per heavy atom. The molecule has 2 aromatic rings. The number of carbonyl (C=O) groups is 2. The van der Waals surface area contributed by atoms with Gasteiger partial charge in [-0.1, -0.05) is 41.9 Å². The molecule has 0 saturated carbocycles. The lowest BCUT2D eigenvalue weighted by Crippen LogP contribution is -2.30. The normalized spacial score (nSPS) is 11.6. The molecule has 0 saturated heterocycles. The van der Waals surface area contributed by atoms with Crippen LogP contribution < -0.4 is 10.6 Å². The molecule has 0 spiro atoms. The summed E-state index contributed by atoms with van der Waals surface area (Å²) in [4.78, 5) is 24.1. The molecule has 2 rings (SSSR count). The minimum absolute atomic E-state index is 0.0836. The Morgan fingerprint density at radius 3 is 2.52 bits per heavy atom. The molecule has 132 valence electrons. The van der Waals surface area contributed by atoms with Gasteiger partial charge in [0, 0.05) is 11.1 Å². The molecular weight excluding hydrogens is 340 g/mol. The maximum atomic E-state index is 12.2. The minimum Gasteiger partial charge on any atom is -0.462 e. The number of benzene rings is 2. The van der Waals surface area contributed by atoms with Crippen LogP contribution in [0.2, 0.25) is 5.02 Å². The molecular formula is C19H21ClN2O3. The molecule has 0 aliphatic carbocycles. The summed E-state index contributed by atoms with van der Waals surface area (Å²) in [5.74, 6) is -0.716. The second-order valence-corrected chi connectivity index (χ2v) is 5.85. The first-order chi connectivity index (χ1) is 12.0. The maximum absolute atomic E-state index is 12.2. The Labute approximate surface area is 152 Å². The quantitative estimate of drug-likeness (QED) is 0.737. The van der Waals surface area contributed by atoms with Crippen molar-refractivity contribution >= 4 is 29.2 Å². The molecule has 25 heavy (non-hydrogen) atoms. The fourth-order valence-electron chi connectivity index (χ4n) is 2.36. The van der Waals surface area contributed by atoms with Crippen LogP contribution in [0.4, 0.5) is 5.69 Å². The fourth-order valence-corrected chi connectivity index (χ4v) is 2.65. The highest BCUT2D eigenvalue weighted by atomic mass is 35.5. The van der Waals surface area contributed by atoms with E-state index in [-0.39, 0.29) is 25.1 Å². The van der Waals surface area contributed by atoms with Crippen molar-refractivity contribution in [1.82, 2.24) is 5.32 Å². The molecule has 0 fully saturated rings. The topological polar surface area (TPSA) is 67.4 Å². The van der Waals surface area contributed by atoms with Crippen LogP contribution in [0.3, 0.4) is 0 Å². The SMILES string of the molecule is CCOC(=O)c1ccccc1NC(=O)CNC(C)c1ccccc1Cl. The van der Waals surface area contributed by atoms with Gasteiger partial charge >= 0.3 is 5.97 Å². The number of nitrogens with one attached hydrogen (secondary N) is 2. The van der Waals surface area contributed by atoms with E-state index in [1.165, 1.54) is 0 Å². The molecule has 1 atom stereocenters. The molecule has 0 bridgehead atoms. The number of hydrogen-bond donors (Lipinski definition) is 2. The third-order valence-electron chi connectivity index (χ3n) is 3.64. The van der Waals surface area contributed by atoms with Crippen molar-refractivity contribution in [2.45, 2.75) is 19.9 Å². The van der Waals surface area contributed by atoms with Crippen LogP contribution in [0.5, 0.6) is 0 Å². The van der Waals surface area contributed by atoms with E-state index in [1.54, 1.807) is 31.2 Å². The molecule has 1 amide bonds. The van der Waals surface area contributed by atoms with Gasteiger partial charge in [-0.15, -0.1) is 0 Å². The third-order valence-corrected chi connectivity index (χ3v) is 3.98. The van der Waals surface area contributed by atoms with Crippen LogP contribution in [0.25, 0.3) is 0 Å². The van der Waals surface area contributed by atoms with Crippen LogP contribution >= 0.6 is 11.6 Å². The van der Waals surface area contributed by atoms with Crippen LogP contribution in [-0.2, 0) is 9.53 Å². The zero-order chi connectivity index (χ0) is 18.2. The van der Waals surface area contributed by atoms with Crippen molar-refractivity contribution in [1.29, 1.82) is 0 Å². The van der Waals surface area contributed by atoms with Crippen molar-refractivity contribution in [3.63, 3.8) is 0 Å². The second-order valence-electron chi connectivity index (χ2n) is 5.44. The number of halogens is 1. The maximum Gasteiger partial charge on any atom is 0.340 e. The predicted octanol–water partition coefficient (Wildman–Crippen LogP) is 3.81. The summed E-state index contributed by atoms with van der Waals surface area (Å²) in [6, 6.07) is 14.2. The molecule has 1 unspecified atom stereocenters.